The number of urea groups is 1. The molecule has 1 aliphatic rings. The third-order valence-electron chi connectivity index (χ3n) is 3.52. The van der Waals surface area contributed by atoms with Crippen molar-refractivity contribution in [1.82, 2.24) is 20.8 Å². The van der Waals surface area contributed by atoms with E-state index in [2.05, 4.69) is 20.8 Å². The Hall–Kier alpha value is -2.30. The van der Waals surface area contributed by atoms with Crippen LogP contribution >= 0.6 is 34.7 Å². The number of amides is 2. The van der Waals surface area contributed by atoms with Gasteiger partial charge in [0.25, 0.3) is 0 Å². The van der Waals surface area contributed by atoms with E-state index in [1.165, 1.54) is 30.2 Å². The Morgan fingerprint density at radius 1 is 1.38 bits per heavy atom. The van der Waals surface area contributed by atoms with Gasteiger partial charge in [-0.3, -0.25) is 0 Å². The molecule has 136 valence electrons. The average molecular weight is 412 g/mol. The molecule has 3 rings (SSSR count). The Kier molecular flexibility index (Phi) is 5.64. The number of thioether (sulfide) groups is 1. The van der Waals surface area contributed by atoms with Gasteiger partial charge in [-0.25, -0.2) is 9.59 Å². The minimum atomic E-state index is -0.649. The maximum atomic E-state index is 12.4. The molecule has 0 aliphatic carbocycles. The second-order valence-electron chi connectivity index (χ2n) is 5.16. The van der Waals surface area contributed by atoms with Gasteiger partial charge in [-0.2, -0.15) is 0 Å². The van der Waals surface area contributed by atoms with Crippen LogP contribution in [0.3, 0.4) is 0 Å². The van der Waals surface area contributed by atoms with E-state index in [4.69, 9.17) is 22.1 Å². The molecule has 11 heteroatoms. The number of nitrogens with one attached hydrogen (secondary N) is 2. The zero-order valence-electron chi connectivity index (χ0n) is 13.5. The summed E-state index contributed by atoms with van der Waals surface area (Å²) in [5.74, 6) is -0.235. The number of anilines is 1. The van der Waals surface area contributed by atoms with Crippen LogP contribution in [0.25, 0.3) is 0 Å². The van der Waals surface area contributed by atoms with Crippen LogP contribution in [0.1, 0.15) is 11.6 Å². The predicted octanol–water partition coefficient (Wildman–Crippen LogP) is 2.35. The van der Waals surface area contributed by atoms with E-state index in [0.29, 0.717) is 37.1 Å². The van der Waals surface area contributed by atoms with Crippen molar-refractivity contribution in [3.05, 3.63) is 46.1 Å². The molecule has 0 saturated carbocycles. The highest BCUT2D eigenvalue weighted by molar-refractivity contribution is 8.01. The van der Waals surface area contributed by atoms with Crippen LogP contribution in [-0.4, -0.2) is 35.1 Å². The van der Waals surface area contributed by atoms with E-state index >= 15 is 0 Å². The van der Waals surface area contributed by atoms with Gasteiger partial charge in [-0.05, 0) is 17.7 Å². The largest absolute Gasteiger partial charge is 0.466 e. The number of ether oxygens (including phenoxy) is 1. The van der Waals surface area contributed by atoms with Crippen LogP contribution in [-0.2, 0) is 9.53 Å². The van der Waals surface area contributed by atoms with Crippen LogP contribution in [0.4, 0.5) is 9.93 Å². The molecule has 2 heterocycles. The molecule has 26 heavy (non-hydrogen) atoms. The maximum absolute atomic E-state index is 12.4. The Labute approximate surface area is 162 Å². The number of nitrogens with two attached hydrogens (primary N) is 1. The number of esters is 1. The zero-order chi connectivity index (χ0) is 18.7. The lowest BCUT2D eigenvalue weighted by Gasteiger charge is -2.29. The number of benzene rings is 1. The van der Waals surface area contributed by atoms with Gasteiger partial charge in [0.05, 0.1) is 18.7 Å². The van der Waals surface area contributed by atoms with Crippen LogP contribution in [0.5, 0.6) is 0 Å². The molecule has 2 aromatic rings. The van der Waals surface area contributed by atoms with E-state index in [1.807, 2.05) is 0 Å². The Bertz CT molecular complexity index is 868. The fraction of sp³-hybridized carbons (Fsp3) is 0.200. The van der Waals surface area contributed by atoms with E-state index in [9.17, 15) is 9.59 Å². The number of rotatable bonds is 5. The molecule has 0 saturated heterocycles. The number of carbonyl (C=O) groups is 2. The van der Waals surface area contributed by atoms with Gasteiger partial charge < -0.3 is 21.1 Å². The standard InChI is InChI=1S/C15H14ClN5O3S2/c1-24-12(22)10-9(6-25-15-21-20-13(17)26-15)18-14(23)19-11(10)7-2-4-8(16)5-3-7/h2-5,11H,6H2,1H3,(H2,17,20)(H2,18,19,23). The second-order valence-corrected chi connectivity index (χ2v) is 7.83. The van der Waals surface area contributed by atoms with Crippen molar-refractivity contribution >= 4 is 51.8 Å². The van der Waals surface area contributed by atoms with Crippen molar-refractivity contribution in [3.8, 4) is 0 Å². The summed E-state index contributed by atoms with van der Waals surface area (Å²) >= 11 is 8.47. The van der Waals surface area contributed by atoms with E-state index in [-0.39, 0.29) is 0 Å². The number of aromatic nitrogens is 2. The van der Waals surface area contributed by atoms with Gasteiger partial charge in [0.2, 0.25) is 5.13 Å². The van der Waals surface area contributed by atoms with Gasteiger partial charge in [-0.1, -0.05) is 46.8 Å². The molecule has 1 aromatic heterocycles. The van der Waals surface area contributed by atoms with Crippen molar-refractivity contribution in [3.63, 3.8) is 0 Å². The molecule has 0 radical (unpaired) electrons. The lowest BCUT2D eigenvalue weighted by Crippen LogP contribution is -2.46. The molecule has 8 nitrogen and oxygen atoms in total. The molecular weight excluding hydrogens is 398 g/mol. The highest BCUT2D eigenvalue weighted by atomic mass is 35.5. The molecule has 0 spiro atoms. The first-order valence-corrected chi connectivity index (χ1v) is 9.52. The van der Waals surface area contributed by atoms with Gasteiger partial charge >= 0.3 is 12.0 Å². The van der Waals surface area contributed by atoms with Crippen LogP contribution < -0.4 is 16.4 Å². The van der Waals surface area contributed by atoms with Crippen LogP contribution in [0, 0.1) is 0 Å². The van der Waals surface area contributed by atoms with Gasteiger partial charge in [0, 0.05) is 16.5 Å². The molecule has 2 amide bonds. The van der Waals surface area contributed by atoms with Gasteiger partial charge in [0.15, 0.2) is 4.34 Å². The Balaban J connectivity index is 1.95. The van der Waals surface area contributed by atoms with E-state index in [0.717, 1.165) is 0 Å². The third kappa shape index (κ3) is 4.09. The summed E-state index contributed by atoms with van der Waals surface area (Å²) in [6.07, 6.45) is 0. The first-order valence-electron chi connectivity index (χ1n) is 7.34. The number of halogens is 1. The number of carbonyl (C=O) groups excluding carboxylic acids is 2. The van der Waals surface area contributed by atoms with Crippen LogP contribution in [0.2, 0.25) is 5.02 Å². The molecule has 1 aliphatic heterocycles. The summed E-state index contributed by atoms with van der Waals surface area (Å²) in [5.41, 5.74) is 7.05. The molecule has 0 bridgehead atoms. The van der Waals surface area contributed by atoms with Gasteiger partial charge in [-0.15, -0.1) is 10.2 Å². The van der Waals surface area contributed by atoms with Crippen molar-refractivity contribution in [2.24, 2.45) is 0 Å². The lowest BCUT2D eigenvalue weighted by molar-refractivity contribution is -0.136. The zero-order valence-corrected chi connectivity index (χ0v) is 15.9. The average Bonchev–Trinajstić information content (AvgIpc) is 3.05. The summed E-state index contributed by atoms with van der Waals surface area (Å²) in [5, 5.41) is 14.0. The summed E-state index contributed by atoms with van der Waals surface area (Å²) in [6, 6.07) is 5.82. The summed E-state index contributed by atoms with van der Waals surface area (Å²) in [7, 11) is 1.29. The summed E-state index contributed by atoms with van der Waals surface area (Å²) in [4.78, 5) is 24.5. The fourth-order valence-corrected chi connectivity index (χ4v) is 4.13. The smallest absolute Gasteiger partial charge is 0.338 e. The molecule has 1 unspecified atom stereocenters. The number of hydrogen-bond acceptors (Lipinski definition) is 8. The number of hydrogen-bond donors (Lipinski definition) is 3. The van der Waals surface area contributed by atoms with Crippen molar-refractivity contribution in [1.29, 1.82) is 0 Å². The van der Waals surface area contributed by atoms with Crippen LogP contribution in [0.15, 0.2) is 39.9 Å². The summed E-state index contributed by atoms with van der Waals surface area (Å²) in [6.45, 7) is 0. The first-order chi connectivity index (χ1) is 12.5. The van der Waals surface area contributed by atoms with E-state index in [1.54, 1.807) is 24.3 Å². The molecule has 4 N–H and O–H groups in total. The Morgan fingerprint density at radius 2 is 2.12 bits per heavy atom. The quantitative estimate of drug-likeness (QED) is 0.510. The topological polar surface area (TPSA) is 119 Å². The maximum Gasteiger partial charge on any atom is 0.338 e. The number of nitrogen functional groups attached to an aromatic ring is 1. The highest BCUT2D eigenvalue weighted by Gasteiger charge is 2.33. The Morgan fingerprint density at radius 3 is 2.73 bits per heavy atom. The fourth-order valence-electron chi connectivity index (χ4n) is 2.40. The van der Waals surface area contributed by atoms with Crippen molar-refractivity contribution < 1.29 is 14.3 Å². The monoisotopic (exact) mass is 411 g/mol. The normalized spacial score (nSPS) is 16.8. The SMILES string of the molecule is COC(=O)C1=C(CSc2nnc(N)s2)NC(=O)NC1c1ccc(Cl)cc1. The molecular formula is C15H14ClN5O3S2. The molecule has 1 aromatic carbocycles. The number of nitrogens with zero attached hydrogens (tertiary/aromatic N) is 2. The third-order valence-corrected chi connectivity index (χ3v) is 5.69. The van der Waals surface area contributed by atoms with E-state index < -0.39 is 18.0 Å². The van der Waals surface area contributed by atoms with Crippen molar-refractivity contribution in [2.75, 3.05) is 18.6 Å². The minimum Gasteiger partial charge on any atom is -0.466 e. The lowest BCUT2D eigenvalue weighted by atomic mass is 9.95. The first kappa shape index (κ1) is 18.5. The molecule has 1 atom stereocenters. The highest BCUT2D eigenvalue weighted by Crippen LogP contribution is 2.32. The predicted molar refractivity (Wildman–Crippen MR) is 99.9 cm³/mol. The second kappa shape index (κ2) is 7.94. The van der Waals surface area contributed by atoms with Crippen molar-refractivity contribution in [2.45, 2.75) is 10.4 Å². The molecule has 0 fully saturated rings. The summed E-state index contributed by atoms with van der Waals surface area (Å²) < 4.78 is 5.55. The number of methoxy groups -OCH3 is 1. The van der Waals surface area contributed by atoms with Gasteiger partial charge in [0.1, 0.15) is 0 Å². The minimum absolute atomic E-state index is 0.302.